The van der Waals surface area contributed by atoms with Gasteiger partial charge in [0.05, 0.1) is 23.8 Å². The number of ether oxygens (including phenoxy) is 1. The Kier molecular flexibility index (Phi) is 3.87. The van der Waals surface area contributed by atoms with Crippen molar-refractivity contribution in [1.29, 1.82) is 0 Å². The Morgan fingerprint density at radius 1 is 1.29 bits per heavy atom. The number of halogens is 4. The van der Waals surface area contributed by atoms with Gasteiger partial charge in [-0.15, -0.1) is 0 Å². The van der Waals surface area contributed by atoms with Crippen molar-refractivity contribution in [1.82, 2.24) is 4.72 Å². The first-order valence-corrected chi connectivity index (χ1v) is 8.51. The molecule has 0 amide bonds. The predicted octanol–water partition coefficient (Wildman–Crippen LogP) is 3.64. The highest BCUT2D eigenvalue weighted by molar-refractivity contribution is 7.98. The fourth-order valence-electron chi connectivity index (χ4n) is 2.91. The second kappa shape index (κ2) is 5.80. The Morgan fingerprint density at radius 3 is 2.79 bits per heavy atom. The quantitative estimate of drug-likeness (QED) is 0.645. The molecule has 24 heavy (non-hydrogen) atoms. The van der Waals surface area contributed by atoms with Gasteiger partial charge >= 0.3 is 6.18 Å². The molecule has 130 valence electrons. The maximum Gasteiger partial charge on any atom is 0.411 e. The molecule has 4 rings (SSSR count). The van der Waals surface area contributed by atoms with Crippen LogP contribution in [0.1, 0.15) is 12.8 Å². The molecule has 2 fully saturated rings. The summed E-state index contributed by atoms with van der Waals surface area (Å²) in [6, 6.07) is 0.645. The van der Waals surface area contributed by atoms with Crippen LogP contribution in [0, 0.1) is 11.7 Å². The minimum atomic E-state index is -4.46. The molecule has 1 aliphatic carbocycles. The molecule has 3 aliphatic rings. The maximum absolute atomic E-state index is 14.0. The van der Waals surface area contributed by atoms with E-state index in [2.05, 4.69) is 9.71 Å². The summed E-state index contributed by atoms with van der Waals surface area (Å²) in [5.74, 6) is 0.513. The molecule has 1 aromatic carbocycles. The number of benzene rings is 1. The van der Waals surface area contributed by atoms with Crippen molar-refractivity contribution in [2.24, 2.45) is 10.9 Å². The molecule has 0 aromatic heterocycles. The van der Waals surface area contributed by atoms with Gasteiger partial charge in [-0.25, -0.2) is 9.38 Å². The molecule has 4 nitrogen and oxygen atoms in total. The van der Waals surface area contributed by atoms with Crippen LogP contribution in [0.4, 0.5) is 28.9 Å². The van der Waals surface area contributed by atoms with E-state index in [0.29, 0.717) is 16.5 Å². The molecule has 0 bridgehead atoms. The number of nitrogens with zero attached hydrogens (tertiary/aromatic N) is 2. The molecule has 1 saturated heterocycles. The SMILES string of the molecule is Fc1cc2c(c(N3CCOC[C@@H]3C(F)(F)F)c1)N=C(C1CC1)NS2. The van der Waals surface area contributed by atoms with Crippen molar-refractivity contribution in [3.63, 3.8) is 0 Å². The first-order chi connectivity index (χ1) is 11.4. The van der Waals surface area contributed by atoms with Crippen LogP contribution in [-0.4, -0.2) is 37.8 Å². The van der Waals surface area contributed by atoms with Crippen molar-refractivity contribution in [2.75, 3.05) is 24.7 Å². The van der Waals surface area contributed by atoms with Crippen LogP contribution >= 0.6 is 11.9 Å². The van der Waals surface area contributed by atoms with Crippen LogP contribution in [-0.2, 0) is 4.74 Å². The van der Waals surface area contributed by atoms with E-state index >= 15 is 0 Å². The van der Waals surface area contributed by atoms with Crippen LogP contribution < -0.4 is 9.62 Å². The molecule has 2 heterocycles. The standard InChI is InChI=1S/C15H15F4N3OS/c16-9-5-10(22-3-4-23-7-12(22)15(17,18)19)13-11(6-9)24-21-14(20-13)8-1-2-8/h5-6,8,12H,1-4,7H2,(H,20,21)/t12-/m1/s1. The Hall–Kier alpha value is -1.48. The molecule has 1 saturated carbocycles. The summed E-state index contributed by atoms with van der Waals surface area (Å²) in [5.41, 5.74) is 0.598. The van der Waals surface area contributed by atoms with Gasteiger partial charge in [0.25, 0.3) is 0 Å². The van der Waals surface area contributed by atoms with E-state index < -0.39 is 24.6 Å². The second-order valence-corrected chi connectivity index (χ2v) is 6.92. The fraction of sp³-hybridized carbons (Fsp3) is 0.533. The van der Waals surface area contributed by atoms with E-state index in [0.717, 1.165) is 24.7 Å². The van der Waals surface area contributed by atoms with Gasteiger partial charge < -0.3 is 14.4 Å². The van der Waals surface area contributed by atoms with Crippen LogP contribution in [0.5, 0.6) is 0 Å². The summed E-state index contributed by atoms with van der Waals surface area (Å²) in [5, 5.41) is 0. The Balaban J connectivity index is 1.78. The fourth-order valence-corrected chi connectivity index (χ4v) is 3.76. The van der Waals surface area contributed by atoms with Gasteiger partial charge in [0.2, 0.25) is 0 Å². The van der Waals surface area contributed by atoms with Gasteiger partial charge in [-0.05, 0) is 36.9 Å². The van der Waals surface area contributed by atoms with Crippen molar-refractivity contribution in [2.45, 2.75) is 30.0 Å². The third-order valence-electron chi connectivity index (χ3n) is 4.30. The zero-order chi connectivity index (χ0) is 16.9. The summed E-state index contributed by atoms with van der Waals surface area (Å²) >= 11 is 1.21. The minimum Gasteiger partial charge on any atom is -0.377 e. The van der Waals surface area contributed by atoms with Gasteiger partial charge in [-0.2, -0.15) is 13.2 Å². The Morgan fingerprint density at radius 2 is 2.08 bits per heavy atom. The normalized spacial score (nSPS) is 24.2. The molecule has 1 aromatic rings. The monoisotopic (exact) mass is 361 g/mol. The van der Waals surface area contributed by atoms with E-state index in [-0.39, 0.29) is 18.8 Å². The molecule has 0 radical (unpaired) electrons. The van der Waals surface area contributed by atoms with E-state index in [1.807, 2.05) is 0 Å². The summed E-state index contributed by atoms with van der Waals surface area (Å²) in [6.07, 6.45) is -2.43. The van der Waals surface area contributed by atoms with Crippen molar-refractivity contribution in [3.05, 3.63) is 17.9 Å². The Bertz CT molecular complexity index is 690. The zero-order valence-electron chi connectivity index (χ0n) is 12.6. The average molecular weight is 361 g/mol. The van der Waals surface area contributed by atoms with Gasteiger partial charge in [0.15, 0.2) is 0 Å². The number of aliphatic imine (C=N–C) groups is 1. The van der Waals surface area contributed by atoms with Crippen LogP contribution in [0.15, 0.2) is 22.0 Å². The van der Waals surface area contributed by atoms with Gasteiger partial charge in [0, 0.05) is 12.5 Å². The number of anilines is 1. The van der Waals surface area contributed by atoms with E-state index in [1.165, 1.54) is 22.9 Å². The number of morpholine rings is 1. The lowest BCUT2D eigenvalue weighted by molar-refractivity contribution is -0.167. The van der Waals surface area contributed by atoms with Crippen LogP contribution in [0.25, 0.3) is 0 Å². The van der Waals surface area contributed by atoms with Gasteiger partial charge in [-0.3, -0.25) is 0 Å². The van der Waals surface area contributed by atoms with Gasteiger partial charge in [-0.1, -0.05) is 0 Å². The van der Waals surface area contributed by atoms with E-state index in [1.54, 1.807) is 0 Å². The number of amidine groups is 1. The maximum atomic E-state index is 14.0. The van der Waals surface area contributed by atoms with Crippen molar-refractivity contribution in [3.8, 4) is 0 Å². The van der Waals surface area contributed by atoms with Crippen LogP contribution in [0.2, 0.25) is 0 Å². The lowest BCUT2D eigenvalue weighted by Crippen LogP contribution is -2.53. The molecule has 2 aliphatic heterocycles. The molecular weight excluding hydrogens is 346 g/mol. The molecule has 9 heteroatoms. The smallest absolute Gasteiger partial charge is 0.377 e. The first-order valence-electron chi connectivity index (χ1n) is 7.69. The van der Waals surface area contributed by atoms with Gasteiger partial charge in [0.1, 0.15) is 23.4 Å². The lowest BCUT2D eigenvalue weighted by Gasteiger charge is -2.39. The molecule has 1 N–H and O–H groups in total. The third-order valence-corrected chi connectivity index (χ3v) is 5.14. The summed E-state index contributed by atoms with van der Waals surface area (Å²) in [4.78, 5) is 6.18. The third kappa shape index (κ3) is 2.95. The van der Waals surface area contributed by atoms with Crippen molar-refractivity contribution < 1.29 is 22.3 Å². The largest absolute Gasteiger partial charge is 0.411 e. The predicted molar refractivity (Wildman–Crippen MR) is 83.2 cm³/mol. The van der Waals surface area contributed by atoms with Crippen molar-refractivity contribution >= 4 is 29.2 Å². The highest BCUT2D eigenvalue weighted by Gasteiger charge is 2.46. The number of fused-ring (bicyclic) bond motifs is 1. The Labute approximate surface area is 140 Å². The molecule has 0 unspecified atom stereocenters. The average Bonchev–Trinajstić information content (AvgIpc) is 3.38. The number of hydrogen-bond donors (Lipinski definition) is 1. The number of alkyl halides is 3. The number of rotatable bonds is 2. The molecule has 0 spiro atoms. The summed E-state index contributed by atoms with van der Waals surface area (Å²) in [7, 11) is 0. The molecule has 1 atom stereocenters. The highest BCUT2D eigenvalue weighted by Crippen LogP contribution is 2.45. The zero-order valence-corrected chi connectivity index (χ0v) is 13.4. The van der Waals surface area contributed by atoms with E-state index in [9.17, 15) is 17.6 Å². The lowest BCUT2D eigenvalue weighted by atomic mass is 10.1. The molecular formula is C15H15F4N3OS. The summed E-state index contributed by atoms with van der Waals surface area (Å²) in [6.45, 7) is -0.242. The number of hydrogen-bond acceptors (Lipinski definition) is 5. The topological polar surface area (TPSA) is 36.9 Å². The van der Waals surface area contributed by atoms with Crippen LogP contribution in [0.3, 0.4) is 0 Å². The number of nitrogens with one attached hydrogen (secondary N) is 1. The first kappa shape index (κ1) is 16.0. The minimum absolute atomic E-state index is 0.0481. The van der Waals surface area contributed by atoms with E-state index in [4.69, 9.17) is 4.74 Å². The highest BCUT2D eigenvalue weighted by atomic mass is 32.2. The second-order valence-electron chi connectivity index (χ2n) is 6.07. The summed E-state index contributed by atoms with van der Waals surface area (Å²) < 4.78 is 62.1.